The molecule has 6 heteroatoms. The first kappa shape index (κ1) is 20.5. The number of primary amides is 1. The van der Waals surface area contributed by atoms with Gasteiger partial charge >= 0.3 is 6.03 Å². The van der Waals surface area contributed by atoms with Crippen molar-refractivity contribution in [2.45, 2.75) is 32.2 Å². The second-order valence-electron chi connectivity index (χ2n) is 7.27. The van der Waals surface area contributed by atoms with Crippen LogP contribution in [-0.2, 0) is 10.2 Å². The molecule has 0 saturated heterocycles. The Balaban J connectivity index is 1.91. The maximum Gasteiger partial charge on any atom is 0.318 e. The van der Waals surface area contributed by atoms with Crippen molar-refractivity contribution in [2.24, 2.45) is 5.73 Å². The van der Waals surface area contributed by atoms with Crippen molar-refractivity contribution < 1.29 is 14.3 Å². The summed E-state index contributed by atoms with van der Waals surface area (Å²) in [6.07, 6.45) is 0. The van der Waals surface area contributed by atoms with Crippen molar-refractivity contribution in [3.8, 4) is 5.75 Å². The van der Waals surface area contributed by atoms with Crippen LogP contribution in [0.3, 0.4) is 0 Å². The number of rotatable bonds is 7. The lowest BCUT2D eigenvalue weighted by molar-refractivity contribution is -0.122. The molecule has 0 bridgehead atoms. The van der Waals surface area contributed by atoms with Crippen molar-refractivity contribution in [2.75, 3.05) is 13.2 Å². The first-order chi connectivity index (χ1) is 12.8. The summed E-state index contributed by atoms with van der Waals surface area (Å²) in [5.41, 5.74) is 7.13. The molecule has 0 aliphatic rings. The molecule has 6 nitrogen and oxygen atoms in total. The molecule has 4 N–H and O–H groups in total. The summed E-state index contributed by atoms with van der Waals surface area (Å²) in [4.78, 5) is 23.2. The topological polar surface area (TPSA) is 93.4 Å². The summed E-state index contributed by atoms with van der Waals surface area (Å²) in [5.74, 6) is 0.269. The zero-order valence-electron chi connectivity index (χ0n) is 16.0. The molecule has 0 spiro atoms. The van der Waals surface area contributed by atoms with Crippen LogP contribution in [0, 0.1) is 0 Å². The van der Waals surface area contributed by atoms with Gasteiger partial charge in [0.1, 0.15) is 18.4 Å². The fraction of sp³-hybridized carbons (Fsp3) is 0.333. The first-order valence-corrected chi connectivity index (χ1v) is 8.89. The number of nitrogens with two attached hydrogens (primary N) is 1. The number of carbonyl (C=O) groups excluding carboxylic acids is 2. The van der Waals surface area contributed by atoms with Crippen LogP contribution < -0.4 is 21.1 Å². The quantitative estimate of drug-likeness (QED) is 0.654. The Labute approximate surface area is 160 Å². The van der Waals surface area contributed by atoms with Crippen LogP contribution in [0.5, 0.6) is 5.75 Å². The fourth-order valence-electron chi connectivity index (χ4n) is 2.62. The average molecular weight is 369 g/mol. The zero-order valence-corrected chi connectivity index (χ0v) is 16.0. The molecule has 1 atom stereocenters. The number of hydrogen-bond acceptors (Lipinski definition) is 4. The third-order valence-electron chi connectivity index (χ3n) is 4.08. The number of ether oxygens (including phenoxy) is 1. The highest BCUT2D eigenvalue weighted by Gasteiger charge is 2.21. The standard InChI is InChI=1S/C21H27N3O3/c1-21(2,3)16-9-11-17(12-10-16)27-14-13-23-18(19(25)24-20(22)26)15-7-5-4-6-8-15/h4-12,18,23H,13-14H2,1-3H3,(H3,22,24,25,26)/t18-/m1/s1. The Kier molecular flexibility index (Phi) is 6.96. The number of nitrogens with one attached hydrogen (secondary N) is 2. The highest BCUT2D eigenvalue weighted by Crippen LogP contribution is 2.24. The molecule has 0 aliphatic carbocycles. The van der Waals surface area contributed by atoms with E-state index in [4.69, 9.17) is 10.5 Å². The lowest BCUT2D eigenvalue weighted by Gasteiger charge is -2.20. The molecule has 0 aliphatic heterocycles. The molecule has 0 fully saturated rings. The van der Waals surface area contributed by atoms with E-state index < -0.39 is 18.0 Å². The fourth-order valence-corrected chi connectivity index (χ4v) is 2.62. The van der Waals surface area contributed by atoms with Crippen LogP contribution in [0.25, 0.3) is 0 Å². The van der Waals surface area contributed by atoms with E-state index in [0.29, 0.717) is 13.2 Å². The summed E-state index contributed by atoms with van der Waals surface area (Å²) >= 11 is 0. The number of imide groups is 1. The van der Waals surface area contributed by atoms with E-state index in [-0.39, 0.29) is 5.41 Å². The van der Waals surface area contributed by atoms with E-state index in [1.165, 1.54) is 5.56 Å². The van der Waals surface area contributed by atoms with Gasteiger partial charge in [0.25, 0.3) is 0 Å². The van der Waals surface area contributed by atoms with Crippen molar-refractivity contribution in [1.82, 2.24) is 10.6 Å². The monoisotopic (exact) mass is 369 g/mol. The van der Waals surface area contributed by atoms with Gasteiger partial charge < -0.3 is 10.5 Å². The molecular formula is C21H27N3O3. The molecule has 0 radical (unpaired) electrons. The van der Waals surface area contributed by atoms with Crippen molar-refractivity contribution in [1.29, 1.82) is 0 Å². The minimum absolute atomic E-state index is 0.0940. The lowest BCUT2D eigenvalue weighted by Crippen LogP contribution is -2.43. The Hall–Kier alpha value is -2.86. The Morgan fingerprint density at radius 1 is 1.04 bits per heavy atom. The van der Waals surface area contributed by atoms with E-state index in [1.54, 1.807) is 0 Å². The molecule has 2 rings (SSSR count). The predicted octanol–water partition coefficient (Wildman–Crippen LogP) is 2.89. The lowest BCUT2D eigenvalue weighted by atomic mass is 9.87. The van der Waals surface area contributed by atoms with Crippen molar-refractivity contribution in [3.05, 3.63) is 65.7 Å². The largest absolute Gasteiger partial charge is 0.492 e. The highest BCUT2D eigenvalue weighted by molar-refractivity contribution is 5.96. The number of amides is 3. The van der Waals surface area contributed by atoms with E-state index in [2.05, 4.69) is 43.5 Å². The summed E-state index contributed by atoms with van der Waals surface area (Å²) < 4.78 is 5.73. The number of urea groups is 1. The van der Waals surface area contributed by atoms with Gasteiger partial charge in [-0.2, -0.15) is 0 Å². The normalized spacial score (nSPS) is 12.3. The molecule has 0 aromatic heterocycles. The highest BCUT2D eigenvalue weighted by atomic mass is 16.5. The molecule has 27 heavy (non-hydrogen) atoms. The first-order valence-electron chi connectivity index (χ1n) is 8.89. The molecule has 3 amide bonds. The van der Waals surface area contributed by atoms with Crippen LogP contribution in [0.15, 0.2) is 54.6 Å². The van der Waals surface area contributed by atoms with Gasteiger partial charge in [-0.25, -0.2) is 4.79 Å². The molecule has 0 saturated carbocycles. The molecule has 0 unspecified atom stereocenters. The second-order valence-corrected chi connectivity index (χ2v) is 7.27. The Morgan fingerprint density at radius 3 is 2.22 bits per heavy atom. The van der Waals surface area contributed by atoms with Crippen molar-refractivity contribution in [3.63, 3.8) is 0 Å². The molecule has 2 aromatic rings. The SMILES string of the molecule is CC(C)(C)c1ccc(OCCN[C@@H](C(=O)NC(N)=O)c2ccccc2)cc1. The van der Waals surface area contributed by atoms with E-state index >= 15 is 0 Å². The van der Waals surface area contributed by atoms with Gasteiger partial charge in [-0.05, 0) is 28.7 Å². The minimum Gasteiger partial charge on any atom is -0.492 e. The van der Waals surface area contributed by atoms with E-state index in [1.807, 2.05) is 42.5 Å². The van der Waals surface area contributed by atoms with Crippen LogP contribution in [-0.4, -0.2) is 25.1 Å². The summed E-state index contributed by atoms with van der Waals surface area (Å²) in [5, 5.41) is 5.22. The van der Waals surface area contributed by atoms with Gasteiger partial charge in [-0.3, -0.25) is 15.4 Å². The van der Waals surface area contributed by atoms with E-state index in [0.717, 1.165) is 11.3 Å². The van der Waals surface area contributed by atoms with Crippen LogP contribution in [0.4, 0.5) is 4.79 Å². The van der Waals surface area contributed by atoms with Gasteiger partial charge in [0.2, 0.25) is 5.91 Å². The smallest absolute Gasteiger partial charge is 0.318 e. The van der Waals surface area contributed by atoms with E-state index in [9.17, 15) is 9.59 Å². The number of carbonyl (C=O) groups is 2. The molecule has 144 valence electrons. The number of benzene rings is 2. The maximum atomic E-state index is 12.2. The van der Waals surface area contributed by atoms with Gasteiger partial charge in [-0.1, -0.05) is 63.2 Å². The predicted molar refractivity (Wildman–Crippen MR) is 106 cm³/mol. The van der Waals surface area contributed by atoms with Gasteiger partial charge in [0.15, 0.2) is 0 Å². The zero-order chi connectivity index (χ0) is 19.9. The van der Waals surface area contributed by atoms with Crippen LogP contribution in [0.2, 0.25) is 0 Å². The van der Waals surface area contributed by atoms with Crippen LogP contribution >= 0.6 is 0 Å². The average Bonchev–Trinajstić information content (AvgIpc) is 2.61. The van der Waals surface area contributed by atoms with Crippen molar-refractivity contribution >= 4 is 11.9 Å². The summed E-state index contributed by atoms with van der Waals surface area (Å²) in [6, 6.07) is 15.5. The van der Waals surface area contributed by atoms with Crippen LogP contribution in [0.1, 0.15) is 37.9 Å². The summed E-state index contributed by atoms with van der Waals surface area (Å²) in [6.45, 7) is 7.28. The molecular weight excluding hydrogens is 342 g/mol. The second kappa shape index (κ2) is 9.19. The molecule has 2 aromatic carbocycles. The molecule has 0 heterocycles. The van der Waals surface area contributed by atoms with Gasteiger partial charge in [0.05, 0.1) is 0 Å². The third kappa shape index (κ3) is 6.42. The Morgan fingerprint density at radius 2 is 1.67 bits per heavy atom. The van der Waals surface area contributed by atoms with Gasteiger partial charge in [-0.15, -0.1) is 0 Å². The summed E-state index contributed by atoms with van der Waals surface area (Å²) in [7, 11) is 0. The maximum absolute atomic E-state index is 12.2. The number of hydrogen-bond donors (Lipinski definition) is 3. The minimum atomic E-state index is -0.877. The Bertz CT molecular complexity index is 752. The third-order valence-corrected chi connectivity index (χ3v) is 4.08. The van der Waals surface area contributed by atoms with Gasteiger partial charge in [0, 0.05) is 6.54 Å².